The van der Waals surface area contributed by atoms with Gasteiger partial charge in [0.15, 0.2) is 0 Å². The third-order valence-corrected chi connectivity index (χ3v) is 3.49. The number of hydrogen-bond acceptors (Lipinski definition) is 4. The van der Waals surface area contributed by atoms with Crippen LogP contribution in [-0.4, -0.2) is 54.6 Å². The van der Waals surface area contributed by atoms with E-state index in [0.29, 0.717) is 12.0 Å². The van der Waals surface area contributed by atoms with Crippen LogP contribution in [0.4, 0.5) is 5.69 Å². The minimum atomic E-state index is -1.00. The monoisotopic (exact) mass is 277 g/mol. The van der Waals surface area contributed by atoms with E-state index in [4.69, 9.17) is 5.73 Å². The summed E-state index contributed by atoms with van der Waals surface area (Å²) in [5, 5.41) is 9.18. The van der Waals surface area contributed by atoms with Crippen LogP contribution in [0, 0.1) is 0 Å². The van der Waals surface area contributed by atoms with E-state index in [-0.39, 0.29) is 18.5 Å². The molecule has 1 amide bonds. The van der Waals surface area contributed by atoms with Crippen molar-refractivity contribution in [3.8, 4) is 0 Å². The Labute approximate surface area is 117 Å². The molecule has 1 fully saturated rings. The van der Waals surface area contributed by atoms with Crippen LogP contribution in [-0.2, 0) is 4.79 Å². The van der Waals surface area contributed by atoms with Crippen LogP contribution in [0.15, 0.2) is 24.3 Å². The largest absolute Gasteiger partial charge is 0.480 e. The lowest BCUT2D eigenvalue weighted by atomic mass is 10.1. The molecule has 0 spiro atoms. The number of nitrogens with zero attached hydrogens (tertiary/aromatic N) is 2. The molecular weight excluding hydrogens is 258 g/mol. The van der Waals surface area contributed by atoms with Gasteiger partial charge in [-0.15, -0.1) is 0 Å². The highest BCUT2D eigenvalue weighted by Gasteiger charge is 2.38. The van der Waals surface area contributed by atoms with Crippen molar-refractivity contribution in [2.24, 2.45) is 5.73 Å². The molecule has 1 aliphatic heterocycles. The second kappa shape index (κ2) is 5.50. The molecule has 1 aromatic carbocycles. The lowest BCUT2D eigenvalue weighted by Crippen LogP contribution is -2.40. The topological polar surface area (TPSA) is 86.9 Å². The van der Waals surface area contributed by atoms with E-state index in [9.17, 15) is 14.7 Å². The van der Waals surface area contributed by atoms with Crippen LogP contribution < -0.4 is 10.6 Å². The molecule has 2 rings (SSSR count). The van der Waals surface area contributed by atoms with Gasteiger partial charge in [-0.05, 0) is 24.6 Å². The Morgan fingerprint density at radius 2 is 2.10 bits per heavy atom. The van der Waals surface area contributed by atoms with E-state index in [1.54, 1.807) is 18.2 Å². The summed E-state index contributed by atoms with van der Waals surface area (Å²) in [5.41, 5.74) is 7.16. The van der Waals surface area contributed by atoms with Gasteiger partial charge in [-0.1, -0.05) is 6.07 Å². The van der Waals surface area contributed by atoms with Crippen LogP contribution >= 0.6 is 0 Å². The molecule has 0 aromatic heterocycles. The zero-order valence-corrected chi connectivity index (χ0v) is 11.6. The van der Waals surface area contributed by atoms with Crippen molar-refractivity contribution in [1.29, 1.82) is 0 Å². The van der Waals surface area contributed by atoms with Crippen LogP contribution in [0.5, 0.6) is 0 Å². The Balaban J connectivity index is 2.26. The molecule has 108 valence electrons. The molecule has 2 atom stereocenters. The minimum absolute atomic E-state index is 0.280. The summed E-state index contributed by atoms with van der Waals surface area (Å²) in [4.78, 5) is 26.9. The maximum absolute atomic E-state index is 12.5. The number of nitrogens with two attached hydrogens (primary N) is 1. The third kappa shape index (κ3) is 2.75. The number of anilines is 1. The van der Waals surface area contributed by atoms with Gasteiger partial charge in [0.05, 0.1) is 0 Å². The second-order valence-electron chi connectivity index (χ2n) is 5.25. The summed E-state index contributed by atoms with van der Waals surface area (Å²) in [6, 6.07) is 6.01. The van der Waals surface area contributed by atoms with E-state index < -0.39 is 12.0 Å². The first-order valence-corrected chi connectivity index (χ1v) is 6.47. The highest BCUT2D eigenvalue weighted by molar-refractivity contribution is 5.97. The van der Waals surface area contributed by atoms with Crippen molar-refractivity contribution in [3.05, 3.63) is 29.8 Å². The van der Waals surface area contributed by atoms with Crippen molar-refractivity contribution in [3.63, 3.8) is 0 Å². The zero-order chi connectivity index (χ0) is 14.9. The molecule has 0 unspecified atom stereocenters. The Morgan fingerprint density at radius 1 is 1.40 bits per heavy atom. The average molecular weight is 277 g/mol. The minimum Gasteiger partial charge on any atom is -0.480 e. The summed E-state index contributed by atoms with van der Waals surface area (Å²) >= 11 is 0. The summed E-state index contributed by atoms with van der Waals surface area (Å²) in [7, 11) is 3.77. The van der Waals surface area contributed by atoms with Gasteiger partial charge in [0, 0.05) is 37.9 Å². The number of benzene rings is 1. The molecule has 6 nitrogen and oxygen atoms in total. The fraction of sp³-hybridized carbons (Fsp3) is 0.429. The normalized spacial score (nSPS) is 21.9. The first kappa shape index (κ1) is 14.3. The molecule has 0 bridgehead atoms. The van der Waals surface area contributed by atoms with Crippen molar-refractivity contribution >= 4 is 17.6 Å². The molecule has 0 aliphatic carbocycles. The number of aliphatic carboxylic acids is 1. The third-order valence-electron chi connectivity index (χ3n) is 3.49. The number of carboxylic acid groups (broad SMARTS) is 1. The maximum atomic E-state index is 12.5. The van der Waals surface area contributed by atoms with Crippen LogP contribution in [0.1, 0.15) is 16.8 Å². The van der Waals surface area contributed by atoms with E-state index >= 15 is 0 Å². The predicted molar refractivity (Wildman–Crippen MR) is 75.8 cm³/mol. The van der Waals surface area contributed by atoms with Gasteiger partial charge in [0.25, 0.3) is 5.91 Å². The number of carboxylic acids is 1. The average Bonchev–Trinajstić information content (AvgIpc) is 2.80. The SMILES string of the molecule is CN(C)c1cccc(C(=O)N2C[C@@H](N)C[C@H]2C(=O)O)c1. The van der Waals surface area contributed by atoms with E-state index in [2.05, 4.69) is 0 Å². The molecule has 1 aliphatic rings. The molecule has 1 heterocycles. The number of carbonyl (C=O) groups excluding carboxylic acids is 1. The highest BCUT2D eigenvalue weighted by atomic mass is 16.4. The number of rotatable bonds is 3. The fourth-order valence-electron chi connectivity index (χ4n) is 2.41. The Hall–Kier alpha value is -2.08. The van der Waals surface area contributed by atoms with Crippen LogP contribution in [0.25, 0.3) is 0 Å². The van der Waals surface area contributed by atoms with Gasteiger partial charge < -0.3 is 20.6 Å². The lowest BCUT2D eigenvalue weighted by Gasteiger charge is -2.22. The quantitative estimate of drug-likeness (QED) is 0.834. The van der Waals surface area contributed by atoms with Gasteiger partial charge in [-0.2, -0.15) is 0 Å². The number of carbonyl (C=O) groups is 2. The second-order valence-corrected chi connectivity index (χ2v) is 5.25. The van der Waals surface area contributed by atoms with E-state index in [0.717, 1.165) is 5.69 Å². The van der Waals surface area contributed by atoms with Gasteiger partial charge in [-0.3, -0.25) is 4.79 Å². The summed E-state index contributed by atoms with van der Waals surface area (Å²) < 4.78 is 0. The highest BCUT2D eigenvalue weighted by Crippen LogP contribution is 2.22. The molecule has 1 aromatic rings. The molecular formula is C14H19N3O3. The summed E-state index contributed by atoms with van der Waals surface area (Å²) in [6.07, 6.45) is 0.300. The number of likely N-dealkylation sites (tertiary alicyclic amines) is 1. The first-order chi connectivity index (χ1) is 9.40. The lowest BCUT2D eigenvalue weighted by molar-refractivity contribution is -0.141. The van der Waals surface area contributed by atoms with Gasteiger partial charge in [0.1, 0.15) is 6.04 Å². The van der Waals surface area contributed by atoms with Crippen LogP contribution in [0.3, 0.4) is 0 Å². The van der Waals surface area contributed by atoms with Crippen LogP contribution in [0.2, 0.25) is 0 Å². The maximum Gasteiger partial charge on any atom is 0.326 e. The first-order valence-electron chi connectivity index (χ1n) is 6.47. The predicted octanol–water partition coefficient (Wildman–Crippen LogP) is 0.379. The number of amides is 1. The Bertz CT molecular complexity index is 530. The molecule has 3 N–H and O–H groups in total. The zero-order valence-electron chi connectivity index (χ0n) is 11.6. The van der Waals surface area contributed by atoms with Gasteiger partial charge in [-0.25, -0.2) is 4.79 Å². The van der Waals surface area contributed by atoms with Crippen molar-refractivity contribution < 1.29 is 14.7 Å². The molecule has 1 saturated heterocycles. The standard InChI is InChI=1S/C14H19N3O3/c1-16(2)11-5-3-4-9(6-11)13(18)17-8-10(15)7-12(17)14(19)20/h3-6,10,12H,7-8,15H2,1-2H3,(H,19,20)/t10-,12-/m0/s1. The fourth-order valence-corrected chi connectivity index (χ4v) is 2.41. The number of hydrogen-bond donors (Lipinski definition) is 2. The summed E-state index contributed by atoms with van der Waals surface area (Å²) in [5.74, 6) is -1.29. The summed E-state index contributed by atoms with van der Waals surface area (Å²) in [6.45, 7) is 0.280. The Morgan fingerprint density at radius 3 is 2.70 bits per heavy atom. The van der Waals surface area contributed by atoms with Crippen molar-refractivity contribution in [2.45, 2.75) is 18.5 Å². The molecule has 6 heteroatoms. The Kier molecular flexibility index (Phi) is 3.94. The molecule has 20 heavy (non-hydrogen) atoms. The van der Waals surface area contributed by atoms with Crippen molar-refractivity contribution in [1.82, 2.24) is 4.90 Å². The van der Waals surface area contributed by atoms with E-state index in [1.165, 1.54) is 4.90 Å². The van der Waals surface area contributed by atoms with Gasteiger partial charge >= 0.3 is 5.97 Å². The van der Waals surface area contributed by atoms with Gasteiger partial charge in [0.2, 0.25) is 0 Å². The smallest absolute Gasteiger partial charge is 0.326 e. The molecule has 0 radical (unpaired) electrons. The van der Waals surface area contributed by atoms with E-state index in [1.807, 2.05) is 25.1 Å². The van der Waals surface area contributed by atoms with Crippen molar-refractivity contribution in [2.75, 3.05) is 25.5 Å². The molecule has 0 saturated carbocycles.